The average molecular weight is 344 g/mol. The Labute approximate surface area is 145 Å². The Hall–Kier alpha value is -2.40. The number of nitrogens with zero attached hydrogens (tertiary/aromatic N) is 2. The maximum Gasteiger partial charge on any atom is 0.257 e. The Morgan fingerprint density at radius 2 is 1.88 bits per heavy atom. The van der Waals surface area contributed by atoms with Crippen molar-refractivity contribution in [2.45, 2.75) is 19.8 Å². The van der Waals surface area contributed by atoms with E-state index < -0.39 is 0 Å². The minimum atomic E-state index is -0.316. The van der Waals surface area contributed by atoms with Gasteiger partial charge in [-0.1, -0.05) is 17.7 Å². The van der Waals surface area contributed by atoms with E-state index in [1.807, 2.05) is 6.92 Å². The fourth-order valence-electron chi connectivity index (χ4n) is 2.72. The normalized spacial score (nSPS) is 13.8. The number of carbonyl (C=O) groups excluding carboxylic acids is 2. The van der Waals surface area contributed by atoms with Crippen molar-refractivity contribution >= 4 is 29.1 Å². The lowest BCUT2D eigenvalue weighted by molar-refractivity contribution is 0.0792. The van der Waals surface area contributed by atoms with E-state index in [-0.39, 0.29) is 11.8 Å². The molecule has 3 rings (SSSR count). The van der Waals surface area contributed by atoms with E-state index in [1.165, 1.54) is 12.4 Å². The van der Waals surface area contributed by atoms with Crippen molar-refractivity contribution in [3.63, 3.8) is 0 Å². The Balaban J connectivity index is 1.79. The summed E-state index contributed by atoms with van der Waals surface area (Å²) >= 11 is 6.07. The summed E-state index contributed by atoms with van der Waals surface area (Å²) in [6.07, 6.45) is 5.00. The lowest BCUT2D eigenvalue weighted by Crippen LogP contribution is -2.28. The van der Waals surface area contributed by atoms with Crippen LogP contribution in [0.5, 0.6) is 0 Å². The summed E-state index contributed by atoms with van der Waals surface area (Å²) in [7, 11) is 0. The van der Waals surface area contributed by atoms with Crippen LogP contribution in [0.2, 0.25) is 5.02 Å². The minimum Gasteiger partial charge on any atom is -0.339 e. The van der Waals surface area contributed by atoms with Crippen LogP contribution in [-0.4, -0.2) is 34.8 Å². The molecular formula is C18H18ClN3O2. The van der Waals surface area contributed by atoms with E-state index in [4.69, 9.17) is 11.6 Å². The number of likely N-dealkylation sites (tertiary alicyclic amines) is 1. The molecule has 24 heavy (non-hydrogen) atoms. The summed E-state index contributed by atoms with van der Waals surface area (Å²) in [5.41, 5.74) is 2.22. The van der Waals surface area contributed by atoms with Gasteiger partial charge in [-0.05, 0) is 43.5 Å². The molecule has 0 spiro atoms. The number of pyridine rings is 1. The van der Waals surface area contributed by atoms with E-state index in [9.17, 15) is 9.59 Å². The van der Waals surface area contributed by atoms with E-state index in [1.54, 1.807) is 29.2 Å². The zero-order chi connectivity index (χ0) is 17.1. The molecular weight excluding hydrogens is 326 g/mol. The molecule has 1 aliphatic rings. The van der Waals surface area contributed by atoms with Gasteiger partial charge in [-0.3, -0.25) is 14.6 Å². The van der Waals surface area contributed by atoms with Gasteiger partial charge >= 0.3 is 0 Å². The van der Waals surface area contributed by atoms with Crippen LogP contribution in [0, 0.1) is 6.92 Å². The lowest BCUT2D eigenvalue weighted by Gasteiger charge is -2.15. The van der Waals surface area contributed by atoms with Crippen molar-refractivity contribution in [1.29, 1.82) is 0 Å². The molecule has 1 fully saturated rings. The maximum atomic E-state index is 12.5. The number of carbonyl (C=O) groups is 2. The molecule has 2 aromatic rings. The smallest absolute Gasteiger partial charge is 0.257 e. The summed E-state index contributed by atoms with van der Waals surface area (Å²) < 4.78 is 0. The number of anilines is 1. The Kier molecular flexibility index (Phi) is 4.81. The third-order valence-corrected chi connectivity index (χ3v) is 4.57. The van der Waals surface area contributed by atoms with Crippen molar-refractivity contribution in [3.05, 3.63) is 58.4 Å². The fourth-order valence-corrected chi connectivity index (χ4v) is 2.90. The average Bonchev–Trinajstić information content (AvgIpc) is 3.13. The van der Waals surface area contributed by atoms with Crippen LogP contribution >= 0.6 is 11.6 Å². The predicted molar refractivity (Wildman–Crippen MR) is 93.5 cm³/mol. The number of hydrogen-bond donors (Lipinski definition) is 1. The van der Waals surface area contributed by atoms with Gasteiger partial charge in [0.25, 0.3) is 11.8 Å². The van der Waals surface area contributed by atoms with Crippen molar-refractivity contribution in [3.8, 4) is 0 Å². The molecule has 5 nitrogen and oxygen atoms in total. The molecule has 0 saturated carbocycles. The number of rotatable bonds is 3. The zero-order valence-corrected chi connectivity index (χ0v) is 14.1. The zero-order valence-electron chi connectivity index (χ0n) is 13.4. The monoisotopic (exact) mass is 343 g/mol. The largest absolute Gasteiger partial charge is 0.339 e. The van der Waals surface area contributed by atoms with Gasteiger partial charge in [-0.15, -0.1) is 0 Å². The SMILES string of the molecule is Cc1c(Cl)cccc1NC(=O)c1cncc(C(=O)N2CCCC2)c1. The molecule has 1 aromatic heterocycles. The van der Waals surface area contributed by atoms with Crippen LogP contribution in [0.25, 0.3) is 0 Å². The van der Waals surface area contributed by atoms with Crippen LogP contribution in [0.1, 0.15) is 39.1 Å². The van der Waals surface area contributed by atoms with Crippen molar-refractivity contribution in [2.75, 3.05) is 18.4 Å². The molecule has 1 aliphatic heterocycles. The molecule has 6 heteroatoms. The molecule has 0 bridgehead atoms. The summed E-state index contributed by atoms with van der Waals surface area (Å²) in [5.74, 6) is -0.391. The molecule has 2 amide bonds. The molecule has 1 saturated heterocycles. The highest BCUT2D eigenvalue weighted by molar-refractivity contribution is 6.31. The van der Waals surface area contributed by atoms with Crippen LogP contribution in [0.4, 0.5) is 5.69 Å². The highest BCUT2D eigenvalue weighted by Gasteiger charge is 2.21. The lowest BCUT2D eigenvalue weighted by atomic mass is 10.1. The predicted octanol–water partition coefficient (Wildman–Crippen LogP) is 3.53. The molecule has 0 atom stereocenters. The van der Waals surface area contributed by atoms with E-state index in [0.717, 1.165) is 31.5 Å². The number of amides is 2. The number of nitrogens with one attached hydrogen (secondary N) is 1. The summed E-state index contributed by atoms with van der Waals surface area (Å²) in [5, 5.41) is 3.40. The second-order valence-corrected chi connectivity index (χ2v) is 6.24. The quantitative estimate of drug-likeness (QED) is 0.927. The van der Waals surface area contributed by atoms with Gasteiger partial charge in [0, 0.05) is 36.2 Å². The van der Waals surface area contributed by atoms with Gasteiger partial charge in [0.2, 0.25) is 0 Å². The summed E-state index contributed by atoms with van der Waals surface area (Å²) in [4.78, 5) is 30.7. The Morgan fingerprint density at radius 3 is 2.62 bits per heavy atom. The standard InChI is InChI=1S/C18H18ClN3O2/c1-12-15(19)5-4-6-16(12)21-17(23)13-9-14(11-20-10-13)18(24)22-7-2-3-8-22/h4-6,9-11H,2-3,7-8H2,1H3,(H,21,23). The summed E-state index contributed by atoms with van der Waals surface area (Å²) in [6, 6.07) is 6.91. The highest BCUT2D eigenvalue weighted by Crippen LogP contribution is 2.23. The molecule has 1 N–H and O–H groups in total. The first-order chi connectivity index (χ1) is 11.6. The number of hydrogen-bond acceptors (Lipinski definition) is 3. The number of benzene rings is 1. The van der Waals surface area contributed by atoms with E-state index >= 15 is 0 Å². The van der Waals surface area contributed by atoms with Crippen LogP contribution < -0.4 is 5.32 Å². The Morgan fingerprint density at radius 1 is 1.17 bits per heavy atom. The third kappa shape index (κ3) is 3.41. The maximum absolute atomic E-state index is 12.5. The topological polar surface area (TPSA) is 62.3 Å². The van der Waals surface area contributed by atoms with Crippen LogP contribution in [0.15, 0.2) is 36.7 Å². The molecule has 0 unspecified atom stereocenters. The summed E-state index contributed by atoms with van der Waals surface area (Å²) in [6.45, 7) is 3.36. The van der Waals surface area contributed by atoms with Gasteiger partial charge in [0.15, 0.2) is 0 Å². The molecule has 0 radical (unpaired) electrons. The van der Waals surface area contributed by atoms with Crippen LogP contribution in [0.3, 0.4) is 0 Å². The van der Waals surface area contributed by atoms with Crippen molar-refractivity contribution in [1.82, 2.24) is 9.88 Å². The van der Waals surface area contributed by atoms with Gasteiger partial charge < -0.3 is 10.2 Å². The Bertz CT molecular complexity index is 786. The van der Waals surface area contributed by atoms with E-state index in [0.29, 0.717) is 21.8 Å². The minimum absolute atomic E-state index is 0.0754. The molecule has 0 aliphatic carbocycles. The van der Waals surface area contributed by atoms with Gasteiger partial charge in [-0.2, -0.15) is 0 Å². The van der Waals surface area contributed by atoms with Gasteiger partial charge in [0.1, 0.15) is 0 Å². The van der Waals surface area contributed by atoms with Crippen molar-refractivity contribution < 1.29 is 9.59 Å². The van der Waals surface area contributed by atoms with Crippen LogP contribution in [-0.2, 0) is 0 Å². The number of aromatic nitrogens is 1. The van der Waals surface area contributed by atoms with E-state index in [2.05, 4.69) is 10.3 Å². The second kappa shape index (κ2) is 7.01. The first-order valence-electron chi connectivity index (χ1n) is 7.87. The second-order valence-electron chi connectivity index (χ2n) is 5.83. The molecule has 124 valence electrons. The van der Waals surface area contributed by atoms with Gasteiger partial charge in [0.05, 0.1) is 11.1 Å². The molecule has 1 aromatic carbocycles. The molecule has 2 heterocycles. The first kappa shape index (κ1) is 16.5. The first-order valence-corrected chi connectivity index (χ1v) is 8.25. The third-order valence-electron chi connectivity index (χ3n) is 4.16. The fraction of sp³-hybridized carbons (Fsp3) is 0.278. The van der Waals surface area contributed by atoms with Crippen molar-refractivity contribution in [2.24, 2.45) is 0 Å². The number of halogens is 1. The highest BCUT2D eigenvalue weighted by atomic mass is 35.5. The van der Waals surface area contributed by atoms with Gasteiger partial charge in [-0.25, -0.2) is 0 Å².